The minimum atomic E-state index is -4.52. The predicted octanol–water partition coefficient (Wildman–Crippen LogP) is 1.10. The SMILES string of the molecule is CC(Cn1ccc(=O)c(C(=O)N2CCN(c3ncc(C(F)(F)F)cn3)CC2)c1)OC(N)=O. The smallest absolute Gasteiger partial charge is 0.419 e. The summed E-state index contributed by atoms with van der Waals surface area (Å²) in [6.07, 6.45) is -1.72. The number of amides is 2. The zero-order chi connectivity index (χ0) is 23.5. The molecule has 1 aliphatic rings. The maximum absolute atomic E-state index is 12.9. The van der Waals surface area contributed by atoms with Crippen molar-refractivity contribution in [1.82, 2.24) is 19.4 Å². The Bertz CT molecular complexity index is 1030. The molecule has 2 aromatic heterocycles. The molecule has 10 nitrogen and oxygen atoms in total. The maximum Gasteiger partial charge on any atom is 0.419 e. The van der Waals surface area contributed by atoms with Crippen molar-refractivity contribution in [2.45, 2.75) is 25.7 Å². The molecule has 172 valence electrons. The van der Waals surface area contributed by atoms with Crippen molar-refractivity contribution in [3.05, 3.63) is 52.2 Å². The Labute approximate surface area is 180 Å². The van der Waals surface area contributed by atoms with Gasteiger partial charge in [-0.25, -0.2) is 14.8 Å². The third-order valence-electron chi connectivity index (χ3n) is 4.81. The van der Waals surface area contributed by atoms with E-state index >= 15 is 0 Å². The van der Waals surface area contributed by atoms with Crippen LogP contribution in [0.15, 0.2) is 35.6 Å². The lowest BCUT2D eigenvalue weighted by Gasteiger charge is -2.34. The molecule has 1 atom stereocenters. The minimum Gasteiger partial charge on any atom is -0.445 e. The number of halogens is 3. The van der Waals surface area contributed by atoms with Gasteiger partial charge >= 0.3 is 12.3 Å². The molecule has 1 aliphatic heterocycles. The molecule has 1 fully saturated rings. The molecule has 13 heteroatoms. The number of piperazine rings is 1. The second kappa shape index (κ2) is 9.24. The number of pyridine rings is 1. The summed E-state index contributed by atoms with van der Waals surface area (Å²) in [5.41, 5.74) is 3.54. The number of hydrogen-bond acceptors (Lipinski definition) is 7. The summed E-state index contributed by atoms with van der Waals surface area (Å²) < 4.78 is 44.4. The van der Waals surface area contributed by atoms with Gasteiger partial charge in [-0.2, -0.15) is 13.2 Å². The van der Waals surface area contributed by atoms with Crippen molar-refractivity contribution in [2.75, 3.05) is 31.1 Å². The lowest BCUT2D eigenvalue weighted by molar-refractivity contribution is -0.138. The van der Waals surface area contributed by atoms with Crippen LogP contribution in [0.3, 0.4) is 0 Å². The van der Waals surface area contributed by atoms with Crippen LogP contribution in [0.5, 0.6) is 0 Å². The van der Waals surface area contributed by atoms with Crippen LogP contribution in [0.25, 0.3) is 0 Å². The molecule has 2 N–H and O–H groups in total. The van der Waals surface area contributed by atoms with E-state index in [1.165, 1.54) is 23.4 Å². The van der Waals surface area contributed by atoms with Gasteiger partial charge in [-0.1, -0.05) is 0 Å². The number of nitrogens with zero attached hydrogens (tertiary/aromatic N) is 5. The van der Waals surface area contributed by atoms with Gasteiger partial charge in [0.2, 0.25) is 5.95 Å². The second-order valence-corrected chi connectivity index (χ2v) is 7.22. The third-order valence-corrected chi connectivity index (χ3v) is 4.81. The van der Waals surface area contributed by atoms with Crippen molar-refractivity contribution >= 4 is 17.9 Å². The van der Waals surface area contributed by atoms with Gasteiger partial charge in [0.05, 0.1) is 12.1 Å². The Morgan fingerprint density at radius 2 is 1.81 bits per heavy atom. The average molecular weight is 454 g/mol. The van der Waals surface area contributed by atoms with Crippen LogP contribution in [0.4, 0.5) is 23.9 Å². The number of carbonyl (C=O) groups is 2. The Morgan fingerprint density at radius 1 is 1.19 bits per heavy atom. The number of aromatic nitrogens is 3. The van der Waals surface area contributed by atoms with Gasteiger partial charge in [-0.05, 0) is 6.92 Å². The predicted molar refractivity (Wildman–Crippen MR) is 106 cm³/mol. The van der Waals surface area contributed by atoms with E-state index in [4.69, 9.17) is 10.5 Å². The monoisotopic (exact) mass is 454 g/mol. The number of hydrogen-bond donors (Lipinski definition) is 1. The van der Waals surface area contributed by atoms with Crippen LogP contribution in [-0.2, 0) is 17.5 Å². The van der Waals surface area contributed by atoms with Crippen molar-refractivity contribution < 1.29 is 27.5 Å². The summed E-state index contributed by atoms with van der Waals surface area (Å²) in [5, 5.41) is 0. The summed E-state index contributed by atoms with van der Waals surface area (Å²) >= 11 is 0. The number of rotatable bonds is 5. The van der Waals surface area contributed by atoms with Crippen LogP contribution in [0.2, 0.25) is 0 Å². The van der Waals surface area contributed by atoms with E-state index in [-0.39, 0.29) is 31.1 Å². The molecule has 3 heterocycles. The van der Waals surface area contributed by atoms with Crippen molar-refractivity contribution in [2.24, 2.45) is 5.73 Å². The highest BCUT2D eigenvalue weighted by atomic mass is 19.4. The molecule has 3 rings (SSSR count). The number of primary amides is 1. The minimum absolute atomic E-state index is 0.0435. The zero-order valence-electron chi connectivity index (χ0n) is 17.1. The van der Waals surface area contributed by atoms with Crippen molar-refractivity contribution in [1.29, 1.82) is 0 Å². The van der Waals surface area contributed by atoms with Gasteiger partial charge in [0.25, 0.3) is 5.91 Å². The van der Waals surface area contributed by atoms with Crippen LogP contribution in [0.1, 0.15) is 22.8 Å². The fourth-order valence-electron chi connectivity index (χ4n) is 3.24. The highest BCUT2D eigenvalue weighted by Gasteiger charge is 2.32. The van der Waals surface area contributed by atoms with Gasteiger partial charge in [-0.3, -0.25) is 9.59 Å². The molecule has 0 saturated carbocycles. The van der Waals surface area contributed by atoms with E-state index in [1.807, 2.05) is 0 Å². The van der Waals surface area contributed by atoms with E-state index in [0.29, 0.717) is 13.1 Å². The van der Waals surface area contributed by atoms with Gasteiger partial charge in [0, 0.05) is 57.0 Å². The van der Waals surface area contributed by atoms with Gasteiger partial charge in [0.1, 0.15) is 11.7 Å². The van der Waals surface area contributed by atoms with Crippen LogP contribution in [0, 0.1) is 0 Å². The maximum atomic E-state index is 12.9. The average Bonchev–Trinajstić information content (AvgIpc) is 2.73. The lowest BCUT2D eigenvalue weighted by atomic mass is 10.2. The number of nitrogens with two attached hydrogens (primary N) is 1. The van der Waals surface area contributed by atoms with Gasteiger partial charge in [0.15, 0.2) is 5.43 Å². The fourth-order valence-corrected chi connectivity index (χ4v) is 3.24. The molecule has 0 aromatic carbocycles. The first-order valence-corrected chi connectivity index (χ1v) is 9.64. The topological polar surface area (TPSA) is 124 Å². The number of alkyl halides is 3. The fraction of sp³-hybridized carbons (Fsp3) is 0.421. The zero-order valence-corrected chi connectivity index (χ0v) is 17.1. The van der Waals surface area contributed by atoms with E-state index < -0.39 is 35.3 Å². The molecular formula is C19H21F3N6O4. The first-order valence-electron chi connectivity index (χ1n) is 9.64. The molecule has 32 heavy (non-hydrogen) atoms. The summed E-state index contributed by atoms with van der Waals surface area (Å²) in [6, 6.07) is 1.25. The Morgan fingerprint density at radius 3 is 2.38 bits per heavy atom. The second-order valence-electron chi connectivity index (χ2n) is 7.22. The first kappa shape index (κ1) is 23.0. The van der Waals surface area contributed by atoms with Gasteiger partial charge in [-0.15, -0.1) is 0 Å². The van der Waals surface area contributed by atoms with Crippen molar-refractivity contribution in [3.63, 3.8) is 0 Å². The highest BCUT2D eigenvalue weighted by Crippen LogP contribution is 2.28. The summed E-state index contributed by atoms with van der Waals surface area (Å²) in [4.78, 5) is 46.6. The van der Waals surface area contributed by atoms with Gasteiger partial charge < -0.3 is 24.8 Å². The van der Waals surface area contributed by atoms with Crippen LogP contribution in [-0.4, -0.2) is 63.7 Å². The normalized spacial score (nSPS) is 15.4. The molecule has 1 saturated heterocycles. The van der Waals surface area contributed by atoms with Crippen molar-refractivity contribution in [3.8, 4) is 0 Å². The molecule has 0 spiro atoms. The van der Waals surface area contributed by atoms with Crippen LogP contribution < -0.4 is 16.1 Å². The molecule has 0 bridgehead atoms. The number of carbonyl (C=O) groups excluding carboxylic acids is 2. The van der Waals surface area contributed by atoms with E-state index in [1.54, 1.807) is 16.4 Å². The van der Waals surface area contributed by atoms with Crippen LogP contribution >= 0.6 is 0 Å². The quantitative estimate of drug-likeness (QED) is 0.718. The summed E-state index contributed by atoms with van der Waals surface area (Å²) in [7, 11) is 0. The third kappa shape index (κ3) is 5.53. The largest absolute Gasteiger partial charge is 0.445 e. The number of ether oxygens (including phenoxy) is 1. The number of anilines is 1. The summed E-state index contributed by atoms with van der Waals surface area (Å²) in [5.74, 6) is -0.337. The molecule has 1 unspecified atom stereocenters. The van der Waals surface area contributed by atoms with E-state index in [0.717, 1.165) is 12.4 Å². The van der Waals surface area contributed by atoms with E-state index in [9.17, 15) is 27.6 Å². The summed E-state index contributed by atoms with van der Waals surface area (Å²) in [6.45, 7) is 2.87. The molecule has 2 aromatic rings. The lowest BCUT2D eigenvalue weighted by Crippen LogP contribution is -2.50. The molecule has 0 radical (unpaired) electrons. The molecular weight excluding hydrogens is 433 g/mol. The molecule has 2 amide bonds. The highest BCUT2D eigenvalue weighted by molar-refractivity contribution is 5.94. The Balaban J connectivity index is 1.64. The Hall–Kier alpha value is -3.64. The van der Waals surface area contributed by atoms with E-state index in [2.05, 4.69) is 9.97 Å². The Kier molecular flexibility index (Phi) is 6.65. The molecule has 0 aliphatic carbocycles. The first-order chi connectivity index (χ1) is 15.0. The standard InChI is InChI=1S/C19H21F3N6O4/c1-12(32-17(23)31)10-26-3-2-15(29)14(11-26)16(30)27-4-6-28(7-5-27)18-24-8-13(9-25-18)19(20,21)22/h2-3,8-9,11-12H,4-7,10H2,1H3,(H2,23,31).